The molecule has 4 nitrogen and oxygen atoms in total. The van der Waals surface area contributed by atoms with Gasteiger partial charge in [-0.15, -0.1) is 12.6 Å². The van der Waals surface area contributed by atoms with E-state index in [-0.39, 0.29) is 0 Å². The highest BCUT2D eigenvalue weighted by Crippen LogP contribution is 2.33. The van der Waals surface area contributed by atoms with Gasteiger partial charge in [0.25, 0.3) is 0 Å². The number of hydrogen-bond donors (Lipinski definition) is 3. The molecule has 2 N–H and O–H groups in total. The van der Waals surface area contributed by atoms with Crippen molar-refractivity contribution in [3.63, 3.8) is 0 Å². The molecule has 3 aromatic heterocycles. The van der Waals surface area contributed by atoms with Crippen LogP contribution in [0.3, 0.4) is 0 Å². The Morgan fingerprint density at radius 1 is 0.478 bits per heavy atom. The van der Waals surface area contributed by atoms with Crippen molar-refractivity contribution in [3.8, 4) is 11.1 Å². The second-order valence-corrected chi connectivity index (χ2v) is 13.2. The van der Waals surface area contributed by atoms with Crippen molar-refractivity contribution >= 4 is 59.0 Å². The van der Waals surface area contributed by atoms with E-state index in [4.69, 9.17) is 9.97 Å². The first-order chi connectivity index (χ1) is 22.6. The van der Waals surface area contributed by atoms with Crippen molar-refractivity contribution in [1.82, 2.24) is 19.9 Å². The Morgan fingerprint density at radius 2 is 0.870 bits per heavy atom. The minimum Gasteiger partial charge on any atom is -0.355 e. The van der Waals surface area contributed by atoms with Crippen molar-refractivity contribution in [2.24, 2.45) is 0 Å². The van der Waals surface area contributed by atoms with Crippen LogP contribution in [0.25, 0.3) is 57.5 Å². The van der Waals surface area contributed by atoms with E-state index in [1.807, 2.05) is 0 Å². The van der Waals surface area contributed by atoms with E-state index in [0.717, 1.165) is 99.4 Å². The fraction of sp³-hybridized carbons (Fsp3) is 0.366. The maximum Gasteiger partial charge on any atom is 0.0691 e. The van der Waals surface area contributed by atoms with Gasteiger partial charge >= 0.3 is 0 Å². The van der Waals surface area contributed by atoms with E-state index in [1.165, 1.54) is 55.2 Å². The van der Waals surface area contributed by atoms with Crippen LogP contribution in [0, 0.1) is 0 Å². The Kier molecular flexibility index (Phi) is 10.6. The predicted molar refractivity (Wildman–Crippen MR) is 201 cm³/mol. The number of thiol groups is 1. The lowest BCUT2D eigenvalue weighted by atomic mass is 10.0. The van der Waals surface area contributed by atoms with Crippen molar-refractivity contribution in [2.75, 3.05) is 0 Å². The van der Waals surface area contributed by atoms with Gasteiger partial charge in [0, 0.05) is 49.2 Å². The second-order valence-electron chi connectivity index (χ2n) is 12.7. The van der Waals surface area contributed by atoms with Crippen LogP contribution >= 0.6 is 12.6 Å². The Hall–Kier alpha value is -3.83. The van der Waals surface area contributed by atoms with Crippen LogP contribution in [-0.2, 0) is 19.3 Å². The summed E-state index contributed by atoms with van der Waals surface area (Å²) in [4.78, 5) is 19.4. The second kappa shape index (κ2) is 15.2. The number of benzene rings is 1. The Morgan fingerprint density at radius 3 is 1.30 bits per heavy atom. The average molecular weight is 629 g/mol. The monoisotopic (exact) mass is 628 g/mol. The van der Waals surface area contributed by atoms with Gasteiger partial charge in [-0.1, -0.05) is 71.4 Å². The lowest BCUT2D eigenvalue weighted by Crippen LogP contribution is -1.97. The molecule has 0 spiro atoms. The molecule has 5 heterocycles. The Labute approximate surface area is 279 Å². The van der Waals surface area contributed by atoms with Gasteiger partial charge in [-0.2, -0.15) is 0 Å². The number of hydrogen-bond acceptors (Lipinski definition) is 3. The van der Waals surface area contributed by atoms with Crippen LogP contribution in [0.5, 0.6) is 0 Å². The van der Waals surface area contributed by atoms with E-state index in [2.05, 4.69) is 116 Å². The number of aromatic amines is 2. The summed E-state index contributed by atoms with van der Waals surface area (Å²) in [7, 11) is 0. The standard InChI is InChI=1S/C41H48N4S/c1-4-7-10-13-30-33-20-22-35(42-33)31(14-11-8-5-2)37-24-26-39(44-37)41(28-16-18-29(46)19-17-28)40-27-25-38(45-40)32(15-12-9-6-3)36-23-21-34(30)43-36/h16-27,44-46H,4-15H2,1-3H3. The van der Waals surface area contributed by atoms with Crippen molar-refractivity contribution < 1.29 is 0 Å². The van der Waals surface area contributed by atoms with Crippen LogP contribution in [0.1, 0.15) is 118 Å². The highest BCUT2D eigenvalue weighted by atomic mass is 32.1. The molecule has 5 heteroatoms. The molecule has 46 heavy (non-hydrogen) atoms. The molecule has 0 unspecified atom stereocenters. The highest BCUT2D eigenvalue weighted by molar-refractivity contribution is 7.80. The Bertz CT molecular complexity index is 1780. The fourth-order valence-corrected chi connectivity index (χ4v) is 6.91. The molecule has 2 aliphatic heterocycles. The molecule has 6 rings (SSSR count). The maximum absolute atomic E-state index is 5.34. The fourth-order valence-electron chi connectivity index (χ4n) is 6.76. The van der Waals surface area contributed by atoms with E-state index >= 15 is 0 Å². The van der Waals surface area contributed by atoms with E-state index in [0.29, 0.717) is 0 Å². The molecule has 238 valence electrons. The van der Waals surface area contributed by atoms with Crippen LogP contribution in [-0.4, -0.2) is 19.9 Å². The lowest BCUT2D eigenvalue weighted by Gasteiger charge is -2.06. The zero-order valence-corrected chi connectivity index (χ0v) is 28.6. The molecular weight excluding hydrogens is 581 g/mol. The molecule has 0 saturated carbocycles. The number of fused-ring (bicyclic) bond motifs is 8. The van der Waals surface area contributed by atoms with Crippen molar-refractivity contribution in [3.05, 3.63) is 88.0 Å². The number of aromatic nitrogens is 4. The third-order valence-electron chi connectivity index (χ3n) is 9.32. The van der Waals surface area contributed by atoms with Gasteiger partial charge in [0.2, 0.25) is 0 Å². The molecular formula is C41H48N4S. The number of nitrogens with one attached hydrogen (secondary N) is 2. The highest BCUT2D eigenvalue weighted by Gasteiger charge is 2.17. The minimum absolute atomic E-state index is 0.956. The maximum atomic E-state index is 5.34. The largest absolute Gasteiger partial charge is 0.355 e. The summed E-state index contributed by atoms with van der Waals surface area (Å²) < 4.78 is 0. The molecule has 0 aliphatic carbocycles. The first kappa shape index (κ1) is 32.1. The van der Waals surface area contributed by atoms with Gasteiger partial charge in [0.05, 0.1) is 22.8 Å². The van der Waals surface area contributed by atoms with E-state index < -0.39 is 0 Å². The van der Waals surface area contributed by atoms with Gasteiger partial charge in [-0.3, -0.25) is 0 Å². The number of H-pyrrole nitrogens is 2. The van der Waals surface area contributed by atoms with Gasteiger partial charge in [-0.05, 0) is 105 Å². The summed E-state index contributed by atoms with van der Waals surface area (Å²) in [5.74, 6) is 0. The van der Waals surface area contributed by atoms with Gasteiger partial charge in [0.1, 0.15) is 0 Å². The quantitative estimate of drug-likeness (QED) is 0.0880. The van der Waals surface area contributed by atoms with Crippen LogP contribution in [0.4, 0.5) is 0 Å². The molecule has 1 aromatic carbocycles. The topological polar surface area (TPSA) is 57.4 Å². The van der Waals surface area contributed by atoms with Gasteiger partial charge in [0.15, 0.2) is 0 Å². The number of rotatable bonds is 13. The molecule has 2 aliphatic rings. The van der Waals surface area contributed by atoms with Gasteiger partial charge in [-0.25, -0.2) is 9.97 Å². The number of nitrogens with zero attached hydrogens (tertiary/aromatic N) is 2. The molecule has 0 radical (unpaired) electrons. The summed E-state index contributed by atoms with van der Waals surface area (Å²) in [6.07, 6.45) is 22.5. The van der Waals surface area contributed by atoms with Crippen molar-refractivity contribution in [2.45, 2.75) is 103 Å². The zero-order valence-electron chi connectivity index (χ0n) is 27.8. The third kappa shape index (κ3) is 7.10. The summed E-state index contributed by atoms with van der Waals surface area (Å²) in [6.45, 7) is 6.80. The molecule has 0 atom stereocenters. The van der Waals surface area contributed by atoms with Crippen molar-refractivity contribution in [1.29, 1.82) is 0 Å². The minimum atomic E-state index is 0.956. The van der Waals surface area contributed by atoms with Crippen LogP contribution < -0.4 is 0 Å². The summed E-state index contributed by atoms with van der Waals surface area (Å²) in [5.41, 5.74) is 14.9. The third-order valence-corrected chi connectivity index (χ3v) is 9.62. The summed E-state index contributed by atoms with van der Waals surface area (Å²) in [6, 6.07) is 17.4. The predicted octanol–water partition coefficient (Wildman–Crippen LogP) is 11.8. The lowest BCUT2D eigenvalue weighted by molar-refractivity contribution is 0.712. The summed E-state index contributed by atoms with van der Waals surface area (Å²) >= 11 is 4.58. The summed E-state index contributed by atoms with van der Waals surface area (Å²) in [5, 5.41) is 0. The first-order valence-corrected chi connectivity index (χ1v) is 18.0. The molecule has 4 aromatic rings. The van der Waals surface area contributed by atoms with Gasteiger partial charge < -0.3 is 9.97 Å². The molecule has 8 bridgehead atoms. The normalized spacial score (nSPS) is 12.3. The van der Waals surface area contributed by atoms with E-state index in [9.17, 15) is 0 Å². The average Bonchev–Trinajstić information content (AvgIpc) is 3.89. The molecule has 0 saturated heterocycles. The number of unbranched alkanes of at least 4 members (excludes halogenated alkanes) is 6. The smallest absolute Gasteiger partial charge is 0.0691 e. The zero-order chi connectivity index (χ0) is 31.9. The van der Waals surface area contributed by atoms with Crippen LogP contribution in [0.15, 0.2) is 53.4 Å². The SMILES string of the molecule is CCCCCc1c2nc(c(CCCCC)c3ccc([nH]3)c(-c3ccc(S)cc3)c3ccc([nH]3)c(CCCCC)c3nc1C=C3)C=C2. The Balaban J connectivity index is 1.69. The first-order valence-electron chi connectivity index (χ1n) is 17.5. The number of aryl methyl sites for hydroxylation is 2. The molecule has 0 fully saturated rings. The molecule has 0 amide bonds. The van der Waals surface area contributed by atoms with E-state index in [1.54, 1.807) is 0 Å². The van der Waals surface area contributed by atoms with Crippen LogP contribution in [0.2, 0.25) is 0 Å².